The second-order valence-corrected chi connectivity index (χ2v) is 9.09. The minimum Gasteiger partial charge on any atom is -0.477 e. The van der Waals surface area contributed by atoms with Crippen molar-refractivity contribution in [2.75, 3.05) is 7.05 Å². The minimum absolute atomic E-state index is 0.0156. The first-order valence-corrected chi connectivity index (χ1v) is 9.31. The van der Waals surface area contributed by atoms with Crippen molar-refractivity contribution in [2.24, 2.45) is 5.92 Å². The monoisotopic (exact) mass is 331 g/mol. The fourth-order valence-electron chi connectivity index (χ4n) is 2.74. The lowest BCUT2D eigenvalue weighted by Crippen LogP contribution is -2.38. The van der Waals surface area contributed by atoms with Crippen molar-refractivity contribution in [1.82, 2.24) is 4.31 Å². The highest BCUT2D eigenvalue weighted by Crippen LogP contribution is 2.33. The number of aryl methyl sites for hydroxylation is 1. The van der Waals surface area contributed by atoms with Crippen molar-refractivity contribution >= 4 is 27.3 Å². The van der Waals surface area contributed by atoms with E-state index in [1.165, 1.54) is 10.4 Å². The van der Waals surface area contributed by atoms with Gasteiger partial charge in [-0.1, -0.05) is 6.92 Å². The average Bonchev–Trinajstić information content (AvgIpc) is 2.82. The lowest BCUT2D eigenvalue weighted by molar-refractivity contribution is 0.0701. The normalized spacial score (nSPS) is 23.4. The zero-order valence-electron chi connectivity index (χ0n) is 12.5. The summed E-state index contributed by atoms with van der Waals surface area (Å²) in [6, 6.07) is 1.48. The van der Waals surface area contributed by atoms with Crippen molar-refractivity contribution in [3.8, 4) is 0 Å². The Balaban J connectivity index is 2.25. The smallest absolute Gasteiger partial charge is 0.346 e. The Morgan fingerprint density at radius 3 is 2.38 bits per heavy atom. The summed E-state index contributed by atoms with van der Waals surface area (Å²) in [5.41, 5.74) is 0.497. The van der Waals surface area contributed by atoms with Crippen LogP contribution in [0, 0.1) is 12.8 Å². The van der Waals surface area contributed by atoms with Gasteiger partial charge in [-0.25, -0.2) is 13.2 Å². The molecular formula is C14H21NO4S2. The molecule has 0 spiro atoms. The van der Waals surface area contributed by atoms with E-state index in [2.05, 4.69) is 6.92 Å². The number of aromatic carboxylic acids is 1. The lowest BCUT2D eigenvalue weighted by atomic mass is 9.87. The van der Waals surface area contributed by atoms with Crippen LogP contribution >= 0.6 is 11.3 Å². The van der Waals surface area contributed by atoms with Crippen LogP contribution in [0.25, 0.3) is 0 Å². The molecule has 21 heavy (non-hydrogen) atoms. The fraction of sp³-hybridized carbons (Fsp3) is 0.643. The molecule has 0 bridgehead atoms. The molecule has 1 aromatic rings. The van der Waals surface area contributed by atoms with E-state index in [9.17, 15) is 13.2 Å². The van der Waals surface area contributed by atoms with Gasteiger partial charge in [0.05, 0.1) is 0 Å². The summed E-state index contributed by atoms with van der Waals surface area (Å²) in [5.74, 6) is -0.423. The Labute approximate surface area is 129 Å². The summed E-state index contributed by atoms with van der Waals surface area (Å²) in [6.45, 7) is 3.81. The van der Waals surface area contributed by atoms with Gasteiger partial charge in [0, 0.05) is 13.1 Å². The molecule has 7 heteroatoms. The summed E-state index contributed by atoms with van der Waals surface area (Å²) in [5, 5.41) is 9.06. The fourth-order valence-corrected chi connectivity index (χ4v) is 5.72. The van der Waals surface area contributed by atoms with E-state index in [1.54, 1.807) is 14.0 Å². The highest BCUT2D eigenvalue weighted by Gasteiger charge is 2.32. The third-order valence-corrected chi connectivity index (χ3v) is 7.81. The van der Waals surface area contributed by atoms with Gasteiger partial charge in [0.15, 0.2) is 0 Å². The quantitative estimate of drug-likeness (QED) is 0.920. The second-order valence-electron chi connectivity index (χ2n) is 5.82. The summed E-state index contributed by atoms with van der Waals surface area (Å²) in [4.78, 5) is 11.2. The largest absolute Gasteiger partial charge is 0.477 e. The number of carboxylic acids is 1. The molecule has 1 aliphatic carbocycles. The summed E-state index contributed by atoms with van der Waals surface area (Å²) in [7, 11) is -2.00. The van der Waals surface area contributed by atoms with E-state index in [-0.39, 0.29) is 15.1 Å². The van der Waals surface area contributed by atoms with Crippen LogP contribution in [-0.4, -0.2) is 36.9 Å². The van der Waals surface area contributed by atoms with Gasteiger partial charge in [0.2, 0.25) is 0 Å². The molecule has 1 aromatic heterocycles. The Morgan fingerprint density at radius 2 is 1.90 bits per heavy atom. The molecule has 0 atom stereocenters. The van der Waals surface area contributed by atoms with Crippen LogP contribution in [0.1, 0.15) is 47.8 Å². The SMILES string of the molecule is Cc1cc(S(=O)(=O)N(C)C2CCC(C)CC2)sc1C(=O)O. The van der Waals surface area contributed by atoms with Crippen LogP contribution in [0.15, 0.2) is 10.3 Å². The van der Waals surface area contributed by atoms with E-state index in [0.717, 1.165) is 37.0 Å². The maximum absolute atomic E-state index is 12.6. The molecule has 1 N–H and O–H groups in total. The van der Waals surface area contributed by atoms with Crippen molar-refractivity contribution in [3.05, 3.63) is 16.5 Å². The molecule has 0 saturated heterocycles. The Kier molecular flexibility index (Phi) is 4.75. The zero-order chi connectivity index (χ0) is 15.8. The first-order valence-electron chi connectivity index (χ1n) is 7.05. The molecule has 1 fully saturated rings. The number of nitrogens with zero attached hydrogens (tertiary/aromatic N) is 1. The molecular weight excluding hydrogens is 310 g/mol. The van der Waals surface area contributed by atoms with Gasteiger partial charge in [0.25, 0.3) is 10.0 Å². The lowest BCUT2D eigenvalue weighted by Gasteiger charge is -2.32. The molecule has 1 saturated carbocycles. The highest BCUT2D eigenvalue weighted by atomic mass is 32.2. The standard InChI is InChI=1S/C14H21NO4S2/c1-9-4-6-11(7-5-9)15(3)21(18,19)12-8-10(2)13(20-12)14(16)17/h8-9,11H,4-7H2,1-3H3,(H,16,17). The van der Waals surface area contributed by atoms with Crippen molar-refractivity contribution in [2.45, 2.75) is 49.8 Å². The molecule has 0 aromatic carbocycles. The number of rotatable bonds is 4. The number of thiophene rings is 1. The van der Waals surface area contributed by atoms with Crippen molar-refractivity contribution in [3.63, 3.8) is 0 Å². The Bertz CT molecular complexity index is 627. The first-order chi connectivity index (χ1) is 9.73. The molecule has 5 nitrogen and oxygen atoms in total. The van der Waals surface area contributed by atoms with Gasteiger partial charge in [-0.2, -0.15) is 4.31 Å². The van der Waals surface area contributed by atoms with Gasteiger partial charge < -0.3 is 5.11 Å². The van der Waals surface area contributed by atoms with Crippen molar-refractivity contribution < 1.29 is 18.3 Å². The molecule has 2 rings (SSSR count). The summed E-state index contributed by atoms with van der Waals surface area (Å²) < 4.78 is 26.8. The van der Waals surface area contributed by atoms with Crippen LogP contribution in [0.3, 0.4) is 0 Å². The number of hydrogen-bond acceptors (Lipinski definition) is 4. The maximum Gasteiger partial charge on any atom is 0.346 e. The van der Waals surface area contributed by atoms with Gasteiger partial charge >= 0.3 is 5.97 Å². The van der Waals surface area contributed by atoms with Gasteiger partial charge in [-0.05, 0) is 50.2 Å². The van der Waals surface area contributed by atoms with E-state index < -0.39 is 16.0 Å². The third-order valence-electron chi connectivity index (χ3n) is 4.22. The zero-order valence-corrected chi connectivity index (χ0v) is 14.1. The molecule has 118 valence electrons. The topological polar surface area (TPSA) is 74.7 Å². The molecule has 0 amide bonds. The van der Waals surface area contributed by atoms with E-state index >= 15 is 0 Å². The van der Waals surface area contributed by atoms with Crippen LogP contribution in [0.2, 0.25) is 0 Å². The van der Waals surface area contributed by atoms with Crippen LogP contribution in [0.4, 0.5) is 0 Å². The first kappa shape index (κ1) is 16.5. The predicted octanol–water partition coefficient (Wildman–Crippen LogP) is 2.95. The Morgan fingerprint density at radius 1 is 1.33 bits per heavy atom. The van der Waals surface area contributed by atoms with Gasteiger partial charge in [-0.3, -0.25) is 0 Å². The molecule has 1 aliphatic rings. The highest BCUT2D eigenvalue weighted by molar-refractivity contribution is 7.91. The number of carbonyl (C=O) groups is 1. The number of carboxylic acid groups (broad SMARTS) is 1. The number of sulfonamides is 1. The van der Waals surface area contributed by atoms with Gasteiger partial charge in [0.1, 0.15) is 9.09 Å². The molecule has 1 heterocycles. The van der Waals surface area contributed by atoms with Crippen molar-refractivity contribution in [1.29, 1.82) is 0 Å². The van der Waals surface area contributed by atoms with Crippen LogP contribution < -0.4 is 0 Å². The summed E-state index contributed by atoms with van der Waals surface area (Å²) >= 11 is 0.838. The predicted molar refractivity (Wildman–Crippen MR) is 82.4 cm³/mol. The molecule has 0 radical (unpaired) electrons. The van der Waals surface area contributed by atoms with E-state index in [1.807, 2.05) is 0 Å². The van der Waals surface area contributed by atoms with Crippen LogP contribution in [0.5, 0.6) is 0 Å². The Hall–Kier alpha value is -0.920. The molecule has 0 unspecified atom stereocenters. The minimum atomic E-state index is -3.60. The number of hydrogen-bond donors (Lipinski definition) is 1. The molecule has 0 aliphatic heterocycles. The second kappa shape index (κ2) is 6.06. The third kappa shape index (κ3) is 3.30. The van der Waals surface area contributed by atoms with Gasteiger partial charge in [-0.15, -0.1) is 11.3 Å². The van der Waals surface area contributed by atoms with E-state index in [4.69, 9.17) is 5.11 Å². The van der Waals surface area contributed by atoms with E-state index in [0.29, 0.717) is 11.5 Å². The average molecular weight is 331 g/mol. The van der Waals surface area contributed by atoms with Crippen LogP contribution in [-0.2, 0) is 10.0 Å². The summed E-state index contributed by atoms with van der Waals surface area (Å²) in [6.07, 6.45) is 3.81. The maximum atomic E-state index is 12.6.